The molecule has 0 aromatic heterocycles. The summed E-state index contributed by atoms with van der Waals surface area (Å²) in [7, 11) is 0. The Morgan fingerprint density at radius 2 is 1.76 bits per heavy atom. The Morgan fingerprint density at radius 1 is 1.00 bits per heavy atom. The highest BCUT2D eigenvalue weighted by Gasteiger charge is 2.42. The molecule has 0 bridgehead atoms. The third-order valence-corrected chi connectivity index (χ3v) is 6.65. The van der Waals surface area contributed by atoms with Crippen molar-refractivity contribution in [2.45, 2.75) is 19.9 Å². The van der Waals surface area contributed by atoms with Crippen LogP contribution in [0.15, 0.2) is 82.8 Å². The van der Waals surface area contributed by atoms with E-state index in [4.69, 9.17) is 9.98 Å². The molecule has 7 heteroatoms. The van der Waals surface area contributed by atoms with Gasteiger partial charge in [0.15, 0.2) is 11.2 Å². The van der Waals surface area contributed by atoms with Gasteiger partial charge < -0.3 is 5.32 Å². The number of thioether (sulfide) groups is 1. The maximum atomic E-state index is 13.4. The molecule has 0 spiro atoms. The number of aliphatic imine (C=N–C) groups is 2. The first-order chi connectivity index (χ1) is 16.0. The number of amides is 2. The van der Waals surface area contributed by atoms with Crippen LogP contribution in [-0.2, 0) is 9.59 Å². The highest BCUT2D eigenvalue weighted by atomic mass is 32.2. The molecule has 0 radical (unpaired) electrons. The van der Waals surface area contributed by atoms with Crippen molar-refractivity contribution in [2.75, 3.05) is 11.1 Å². The molecule has 6 nitrogen and oxygen atoms in total. The maximum absolute atomic E-state index is 13.4. The van der Waals surface area contributed by atoms with Gasteiger partial charge in [0.25, 0.3) is 5.91 Å². The number of carbonyl (C=O) groups is 2. The largest absolute Gasteiger partial charge is 0.325 e. The predicted octanol–water partition coefficient (Wildman–Crippen LogP) is 5.01. The fourth-order valence-corrected chi connectivity index (χ4v) is 4.65. The van der Waals surface area contributed by atoms with E-state index in [1.807, 2.05) is 86.6 Å². The van der Waals surface area contributed by atoms with Gasteiger partial charge in [-0.25, -0.2) is 14.9 Å². The summed E-state index contributed by atoms with van der Waals surface area (Å²) in [6.45, 7) is 4.04. The van der Waals surface area contributed by atoms with Gasteiger partial charge in [0.2, 0.25) is 5.91 Å². The first-order valence-corrected chi connectivity index (χ1v) is 11.6. The molecule has 0 fully saturated rings. The van der Waals surface area contributed by atoms with Crippen molar-refractivity contribution >= 4 is 46.0 Å². The van der Waals surface area contributed by atoms with E-state index in [1.54, 1.807) is 4.90 Å². The normalized spacial score (nSPS) is 16.6. The smallest absolute Gasteiger partial charge is 0.263 e. The van der Waals surface area contributed by atoms with Crippen molar-refractivity contribution in [3.05, 3.63) is 95.1 Å². The zero-order valence-electron chi connectivity index (χ0n) is 18.3. The van der Waals surface area contributed by atoms with Gasteiger partial charge in [-0.3, -0.25) is 9.59 Å². The highest BCUT2D eigenvalue weighted by Crippen LogP contribution is 2.37. The zero-order valence-corrected chi connectivity index (χ0v) is 19.1. The SMILES string of the molecule is Cc1ccc(NC(=O)CSC2=Nc3ccccc3C3=N[C@@H](c4ccccc4)C(=O)N23)cc1C. The number of aryl methyl sites for hydroxylation is 2. The number of nitrogens with one attached hydrogen (secondary N) is 1. The Balaban J connectivity index is 1.39. The summed E-state index contributed by atoms with van der Waals surface area (Å²) < 4.78 is 0. The molecule has 1 atom stereocenters. The number of fused-ring (bicyclic) bond motifs is 3. The van der Waals surface area contributed by atoms with Gasteiger partial charge in [0.05, 0.1) is 11.4 Å². The highest BCUT2D eigenvalue weighted by molar-refractivity contribution is 8.14. The number of carbonyl (C=O) groups excluding carboxylic acids is 2. The second-order valence-electron chi connectivity index (χ2n) is 7.99. The first kappa shape index (κ1) is 21.2. The Bertz CT molecular complexity index is 1320. The molecule has 0 saturated heterocycles. The van der Waals surface area contributed by atoms with Crippen LogP contribution in [0.5, 0.6) is 0 Å². The summed E-state index contributed by atoms with van der Waals surface area (Å²) in [5.74, 6) is 0.388. The van der Waals surface area contributed by atoms with E-state index < -0.39 is 6.04 Å². The van der Waals surface area contributed by atoms with Crippen LogP contribution in [0.1, 0.15) is 28.3 Å². The number of benzene rings is 3. The van der Waals surface area contributed by atoms with Crippen LogP contribution >= 0.6 is 11.8 Å². The van der Waals surface area contributed by atoms with Crippen LogP contribution in [0, 0.1) is 13.8 Å². The van der Waals surface area contributed by atoms with E-state index in [9.17, 15) is 9.59 Å². The molecule has 3 aromatic rings. The van der Waals surface area contributed by atoms with Crippen LogP contribution in [0.2, 0.25) is 0 Å². The molecular formula is C26H22N4O2S. The minimum atomic E-state index is -0.623. The molecule has 0 aliphatic carbocycles. The molecular weight excluding hydrogens is 432 g/mol. The minimum absolute atomic E-state index is 0.126. The van der Waals surface area contributed by atoms with Gasteiger partial charge in [-0.2, -0.15) is 0 Å². The standard InChI is InChI=1S/C26H22N4O2S/c1-16-12-13-19(14-17(16)2)27-22(31)15-33-26-28-21-11-7-6-10-20(21)24-29-23(25(32)30(24)26)18-8-4-3-5-9-18/h3-14,23H,15H2,1-2H3,(H,27,31)/t23-/m0/s1. The van der Waals surface area contributed by atoms with Crippen molar-refractivity contribution < 1.29 is 9.59 Å². The molecule has 1 N–H and O–H groups in total. The van der Waals surface area contributed by atoms with Crippen molar-refractivity contribution in [1.82, 2.24) is 4.90 Å². The van der Waals surface area contributed by atoms with E-state index in [2.05, 4.69) is 5.32 Å². The van der Waals surface area contributed by atoms with Gasteiger partial charge in [0, 0.05) is 11.3 Å². The van der Waals surface area contributed by atoms with Crippen LogP contribution in [0.3, 0.4) is 0 Å². The van der Waals surface area contributed by atoms with E-state index in [1.165, 1.54) is 17.3 Å². The monoisotopic (exact) mass is 454 g/mol. The molecule has 2 heterocycles. The molecule has 2 aliphatic rings. The van der Waals surface area contributed by atoms with E-state index in [-0.39, 0.29) is 17.6 Å². The summed E-state index contributed by atoms with van der Waals surface area (Å²) in [5, 5.41) is 3.39. The number of anilines is 1. The molecule has 3 aromatic carbocycles. The molecule has 2 aliphatic heterocycles. The number of rotatable bonds is 4. The summed E-state index contributed by atoms with van der Waals surface area (Å²) >= 11 is 1.24. The van der Waals surface area contributed by atoms with Crippen LogP contribution in [0.25, 0.3) is 0 Å². The molecule has 5 rings (SSSR count). The third kappa shape index (κ3) is 4.07. The Hall–Kier alpha value is -3.71. The van der Waals surface area contributed by atoms with Gasteiger partial charge in [-0.05, 0) is 54.8 Å². The number of para-hydroxylation sites is 1. The minimum Gasteiger partial charge on any atom is -0.325 e. The number of nitrogens with zero attached hydrogens (tertiary/aromatic N) is 3. The fourth-order valence-electron chi connectivity index (χ4n) is 3.85. The van der Waals surface area contributed by atoms with Crippen molar-refractivity contribution in [1.29, 1.82) is 0 Å². The van der Waals surface area contributed by atoms with Crippen LogP contribution < -0.4 is 5.32 Å². The van der Waals surface area contributed by atoms with E-state index in [0.717, 1.165) is 28.1 Å². The van der Waals surface area contributed by atoms with Crippen LogP contribution in [0.4, 0.5) is 11.4 Å². The quantitative estimate of drug-likeness (QED) is 0.602. The summed E-state index contributed by atoms with van der Waals surface area (Å²) in [5.41, 5.74) is 5.43. The molecule has 0 saturated carbocycles. The van der Waals surface area contributed by atoms with Crippen molar-refractivity contribution in [2.24, 2.45) is 9.98 Å². The summed E-state index contributed by atoms with van der Waals surface area (Å²) in [6.07, 6.45) is 0. The summed E-state index contributed by atoms with van der Waals surface area (Å²) in [6, 6.07) is 22.3. The second-order valence-corrected chi connectivity index (χ2v) is 8.93. The zero-order chi connectivity index (χ0) is 22.9. The van der Waals surface area contributed by atoms with E-state index >= 15 is 0 Å². The number of hydrogen-bond donors (Lipinski definition) is 1. The Morgan fingerprint density at radius 3 is 2.55 bits per heavy atom. The number of hydrogen-bond acceptors (Lipinski definition) is 5. The Labute approximate surface area is 196 Å². The van der Waals surface area contributed by atoms with E-state index in [0.29, 0.717) is 11.0 Å². The molecule has 33 heavy (non-hydrogen) atoms. The molecule has 0 unspecified atom stereocenters. The third-order valence-electron chi connectivity index (χ3n) is 5.71. The summed E-state index contributed by atoms with van der Waals surface area (Å²) in [4.78, 5) is 37.0. The maximum Gasteiger partial charge on any atom is 0.263 e. The van der Waals surface area contributed by atoms with Gasteiger partial charge in [-0.1, -0.05) is 60.3 Å². The lowest BCUT2D eigenvalue weighted by Crippen LogP contribution is -2.40. The number of amidine groups is 2. The lowest BCUT2D eigenvalue weighted by Gasteiger charge is -2.25. The Kier molecular flexibility index (Phi) is 5.56. The fraction of sp³-hybridized carbons (Fsp3) is 0.154. The average molecular weight is 455 g/mol. The van der Waals surface area contributed by atoms with Crippen molar-refractivity contribution in [3.8, 4) is 0 Å². The van der Waals surface area contributed by atoms with Gasteiger partial charge in [0.1, 0.15) is 5.84 Å². The molecule has 164 valence electrons. The topological polar surface area (TPSA) is 74.1 Å². The van der Waals surface area contributed by atoms with Crippen molar-refractivity contribution in [3.63, 3.8) is 0 Å². The second kappa shape index (κ2) is 8.67. The lowest BCUT2D eigenvalue weighted by atomic mass is 10.1. The van der Waals surface area contributed by atoms with Gasteiger partial charge in [-0.15, -0.1) is 0 Å². The first-order valence-electron chi connectivity index (χ1n) is 10.7. The molecule has 2 amide bonds. The predicted molar refractivity (Wildman–Crippen MR) is 133 cm³/mol. The van der Waals surface area contributed by atoms with Crippen LogP contribution in [-0.4, -0.2) is 33.5 Å². The lowest BCUT2D eigenvalue weighted by molar-refractivity contribution is -0.124. The van der Waals surface area contributed by atoms with Gasteiger partial charge >= 0.3 is 0 Å². The average Bonchev–Trinajstić information content (AvgIpc) is 3.18.